The molecule has 0 radical (unpaired) electrons. The van der Waals surface area contributed by atoms with Gasteiger partial charge < -0.3 is 14.4 Å². The second kappa shape index (κ2) is 8.74. The molecule has 1 aromatic rings. The zero-order valence-electron chi connectivity index (χ0n) is 12.0. The Hall–Kier alpha value is -0.470. The second-order valence-corrected chi connectivity index (χ2v) is 6.15. The van der Waals surface area contributed by atoms with E-state index in [0.717, 1.165) is 36.0 Å². The summed E-state index contributed by atoms with van der Waals surface area (Å²) in [5.41, 5.74) is 2.35. The Kier molecular flexibility index (Phi) is 6.95. The highest BCUT2D eigenvalue weighted by atomic mass is 32.2. The fraction of sp³-hybridized carbons (Fsp3) is 0.692. The summed E-state index contributed by atoms with van der Waals surface area (Å²) in [5, 5.41) is 1.02. The zero-order valence-corrected chi connectivity index (χ0v) is 13.6. The fourth-order valence-electron chi connectivity index (χ4n) is 1.93. The predicted molar refractivity (Wildman–Crippen MR) is 83.2 cm³/mol. The fourth-order valence-corrected chi connectivity index (χ4v) is 3.50. The Morgan fingerprint density at radius 2 is 2.30 bits per heavy atom. The predicted octanol–water partition coefficient (Wildman–Crippen LogP) is 2.36. The number of rotatable bonds is 8. The quantitative estimate of drug-likeness (QED) is 0.417. The van der Waals surface area contributed by atoms with Crippen LogP contribution in [0.2, 0.25) is 0 Å². The SMILES string of the molecule is CCOCOCCSc1nsnc1C1=CCCN(C)C1. The molecule has 2 rings (SSSR count). The van der Waals surface area contributed by atoms with Gasteiger partial charge in [-0.3, -0.25) is 0 Å². The summed E-state index contributed by atoms with van der Waals surface area (Å²) in [4.78, 5) is 2.31. The van der Waals surface area contributed by atoms with Crippen molar-refractivity contribution in [3.8, 4) is 0 Å². The van der Waals surface area contributed by atoms with Crippen LogP contribution in [-0.2, 0) is 9.47 Å². The molecule has 2 heterocycles. The van der Waals surface area contributed by atoms with Crippen molar-refractivity contribution in [2.45, 2.75) is 18.4 Å². The Bertz CT molecular complexity index is 437. The van der Waals surface area contributed by atoms with Gasteiger partial charge >= 0.3 is 0 Å². The molecule has 0 unspecified atom stereocenters. The van der Waals surface area contributed by atoms with Crippen LogP contribution in [0.25, 0.3) is 5.57 Å². The van der Waals surface area contributed by atoms with Crippen molar-refractivity contribution in [3.63, 3.8) is 0 Å². The molecule has 0 spiro atoms. The molecule has 112 valence electrons. The molecule has 0 bridgehead atoms. The van der Waals surface area contributed by atoms with Crippen LogP contribution in [0.5, 0.6) is 0 Å². The Morgan fingerprint density at radius 1 is 1.40 bits per heavy atom. The van der Waals surface area contributed by atoms with E-state index in [0.29, 0.717) is 20.0 Å². The minimum absolute atomic E-state index is 0.370. The third kappa shape index (κ3) is 4.82. The largest absolute Gasteiger partial charge is 0.356 e. The maximum Gasteiger partial charge on any atom is 0.146 e. The third-order valence-corrected chi connectivity index (χ3v) is 4.51. The Labute approximate surface area is 128 Å². The molecule has 0 aliphatic carbocycles. The first-order valence-corrected chi connectivity index (χ1v) is 8.51. The van der Waals surface area contributed by atoms with E-state index in [9.17, 15) is 0 Å². The molecule has 0 atom stereocenters. The van der Waals surface area contributed by atoms with Crippen molar-refractivity contribution >= 4 is 29.1 Å². The summed E-state index contributed by atoms with van der Waals surface area (Å²) in [6.45, 7) is 5.76. The summed E-state index contributed by atoms with van der Waals surface area (Å²) in [6.07, 6.45) is 3.37. The van der Waals surface area contributed by atoms with Gasteiger partial charge in [0.25, 0.3) is 0 Å². The lowest BCUT2D eigenvalue weighted by Crippen LogP contribution is -2.25. The first-order valence-electron chi connectivity index (χ1n) is 6.80. The van der Waals surface area contributed by atoms with E-state index in [2.05, 4.69) is 26.8 Å². The van der Waals surface area contributed by atoms with E-state index in [1.807, 2.05) is 6.92 Å². The molecule has 5 nitrogen and oxygen atoms in total. The average Bonchev–Trinajstić information content (AvgIpc) is 2.91. The van der Waals surface area contributed by atoms with E-state index >= 15 is 0 Å². The maximum absolute atomic E-state index is 5.36. The van der Waals surface area contributed by atoms with Crippen molar-refractivity contribution in [1.29, 1.82) is 0 Å². The van der Waals surface area contributed by atoms with Gasteiger partial charge in [-0.2, -0.15) is 8.75 Å². The molecule has 0 saturated heterocycles. The van der Waals surface area contributed by atoms with Gasteiger partial charge in [0, 0.05) is 25.4 Å². The molecule has 0 N–H and O–H groups in total. The smallest absolute Gasteiger partial charge is 0.146 e. The van der Waals surface area contributed by atoms with Crippen LogP contribution in [0.1, 0.15) is 19.0 Å². The molecule has 7 heteroatoms. The van der Waals surface area contributed by atoms with E-state index in [4.69, 9.17) is 9.47 Å². The molecular weight excluding hydrogens is 294 g/mol. The van der Waals surface area contributed by atoms with Gasteiger partial charge in [-0.1, -0.05) is 6.08 Å². The van der Waals surface area contributed by atoms with Crippen LogP contribution < -0.4 is 0 Å². The van der Waals surface area contributed by atoms with Crippen LogP contribution in [0, 0.1) is 0 Å². The maximum atomic E-state index is 5.36. The summed E-state index contributed by atoms with van der Waals surface area (Å²) in [7, 11) is 2.14. The highest BCUT2D eigenvalue weighted by molar-refractivity contribution is 7.99. The summed E-state index contributed by atoms with van der Waals surface area (Å²) in [6, 6.07) is 0. The summed E-state index contributed by atoms with van der Waals surface area (Å²) >= 11 is 2.99. The second-order valence-electron chi connectivity index (χ2n) is 4.54. The van der Waals surface area contributed by atoms with E-state index in [1.165, 1.54) is 17.3 Å². The molecular formula is C13H21N3O2S2. The molecule has 0 saturated carbocycles. The number of aromatic nitrogens is 2. The lowest BCUT2D eigenvalue weighted by atomic mass is 10.1. The van der Waals surface area contributed by atoms with Gasteiger partial charge in [-0.15, -0.1) is 11.8 Å². The Morgan fingerprint density at radius 3 is 3.10 bits per heavy atom. The van der Waals surface area contributed by atoms with Crippen LogP contribution in [-0.4, -0.2) is 59.5 Å². The van der Waals surface area contributed by atoms with Gasteiger partial charge in [0.1, 0.15) is 17.5 Å². The van der Waals surface area contributed by atoms with Gasteiger partial charge in [-0.25, -0.2) is 0 Å². The number of nitrogens with zero attached hydrogens (tertiary/aromatic N) is 3. The standard InChI is InChI=1S/C13H21N3O2S2/c1-3-17-10-18-7-8-19-13-12(14-20-15-13)11-5-4-6-16(2)9-11/h5H,3-4,6-10H2,1-2H3. The van der Waals surface area contributed by atoms with Crippen LogP contribution >= 0.6 is 23.5 Å². The molecule has 0 fully saturated rings. The monoisotopic (exact) mass is 315 g/mol. The minimum Gasteiger partial charge on any atom is -0.356 e. The molecule has 1 aliphatic heterocycles. The van der Waals surface area contributed by atoms with Crippen molar-refractivity contribution in [2.24, 2.45) is 0 Å². The Balaban J connectivity index is 1.81. The van der Waals surface area contributed by atoms with E-state index in [-0.39, 0.29) is 0 Å². The third-order valence-electron chi connectivity index (χ3n) is 2.94. The normalized spacial score (nSPS) is 16.4. The lowest BCUT2D eigenvalue weighted by Gasteiger charge is -2.22. The topological polar surface area (TPSA) is 47.5 Å². The molecule has 0 aromatic carbocycles. The van der Waals surface area contributed by atoms with Crippen LogP contribution in [0.15, 0.2) is 11.1 Å². The first-order chi connectivity index (χ1) is 9.81. The number of hydrogen-bond acceptors (Lipinski definition) is 7. The molecule has 1 aromatic heterocycles. The van der Waals surface area contributed by atoms with Gasteiger partial charge in [0.05, 0.1) is 18.3 Å². The molecule has 20 heavy (non-hydrogen) atoms. The first kappa shape index (κ1) is 15.9. The average molecular weight is 315 g/mol. The van der Waals surface area contributed by atoms with Gasteiger partial charge in [-0.05, 0) is 26.0 Å². The molecule has 1 aliphatic rings. The van der Waals surface area contributed by atoms with Crippen molar-refractivity contribution in [2.75, 3.05) is 45.9 Å². The van der Waals surface area contributed by atoms with Crippen LogP contribution in [0.4, 0.5) is 0 Å². The highest BCUT2D eigenvalue weighted by Gasteiger charge is 2.17. The van der Waals surface area contributed by atoms with Gasteiger partial charge in [0.15, 0.2) is 0 Å². The summed E-state index contributed by atoms with van der Waals surface area (Å²) in [5.74, 6) is 0.870. The summed E-state index contributed by atoms with van der Waals surface area (Å²) < 4.78 is 19.3. The van der Waals surface area contributed by atoms with Crippen molar-refractivity contribution in [1.82, 2.24) is 13.6 Å². The van der Waals surface area contributed by atoms with Crippen molar-refractivity contribution in [3.05, 3.63) is 11.8 Å². The number of likely N-dealkylation sites (N-methyl/N-ethyl adjacent to an activating group) is 1. The number of thioether (sulfide) groups is 1. The van der Waals surface area contributed by atoms with E-state index in [1.54, 1.807) is 11.8 Å². The van der Waals surface area contributed by atoms with Crippen LogP contribution in [0.3, 0.4) is 0 Å². The minimum atomic E-state index is 0.370. The zero-order chi connectivity index (χ0) is 14.2. The number of hydrogen-bond donors (Lipinski definition) is 0. The van der Waals surface area contributed by atoms with E-state index < -0.39 is 0 Å². The number of ether oxygens (including phenoxy) is 2. The highest BCUT2D eigenvalue weighted by Crippen LogP contribution is 2.28. The van der Waals surface area contributed by atoms with Crippen molar-refractivity contribution < 1.29 is 9.47 Å². The molecule has 0 amide bonds. The lowest BCUT2D eigenvalue weighted by molar-refractivity contribution is -0.0435. The van der Waals surface area contributed by atoms with Gasteiger partial charge in [0.2, 0.25) is 0 Å².